The van der Waals surface area contributed by atoms with Gasteiger partial charge in [-0.25, -0.2) is 19.2 Å². The molecule has 0 aliphatic rings. The number of nitrogens with one attached hydrogen (secondary N) is 2. The van der Waals surface area contributed by atoms with Gasteiger partial charge in [-0.05, 0) is 0 Å². The van der Waals surface area contributed by atoms with E-state index in [9.17, 15) is 4.79 Å². The first-order chi connectivity index (χ1) is 6.36. The van der Waals surface area contributed by atoms with Crippen molar-refractivity contribution in [1.29, 1.82) is 0 Å². The van der Waals surface area contributed by atoms with E-state index in [0.717, 1.165) is 0 Å². The Bertz CT molecular complexity index is 631. The summed E-state index contributed by atoms with van der Waals surface area (Å²) in [5, 5.41) is 0. The SMILES string of the molecule is O=c1[nH]c2[nH]cnc2c2nccn12. The van der Waals surface area contributed by atoms with Crippen molar-refractivity contribution in [2.24, 2.45) is 0 Å². The molecule has 0 radical (unpaired) electrons. The van der Waals surface area contributed by atoms with Gasteiger partial charge in [-0.15, -0.1) is 0 Å². The van der Waals surface area contributed by atoms with Crippen LogP contribution in [0.15, 0.2) is 23.5 Å². The molecule has 0 aliphatic carbocycles. The standard InChI is InChI=1S/C7H5N5O/c13-7-11-5-4(9-3-10-5)6-8-1-2-12(6)7/h1-3H,(H,9,10)(H,11,13). The fourth-order valence-corrected chi connectivity index (χ4v) is 1.37. The van der Waals surface area contributed by atoms with Crippen LogP contribution in [0.25, 0.3) is 16.8 Å². The summed E-state index contributed by atoms with van der Waals surface area (Å²) in [6, 6.07) is 0. The first kappa shape index (κ1) is 6.41. The van der Waals surface area contributed by atoms with Crippen LogP contribution in [0.4, 0.5) is 0 Å². The number of fused-ring (bicyclic) bond motifs is 3. The van der Waals surface area contributed by atoms with Crippen molar-refractivity contribution in [3.8, 4) is 0 Å². The highest BCUT2D eigenvalue weighted by atomic mass is 16.1. The minimum atomic E-state index is -0.218. The molecule has 3 rings (SSSR count). The maximum atomic E-state index is 11.4. The average Bonchev–Trinajstić information content (AvgIpc) is 2.66. The molecule has 13 heavy (non-hydrogen) atoms. The normalized spacial score (nSPS) is 11.4. The van der Waals surface area contributed by atoms with Crippen LogP contribution >= 0.6 is 0 Å². The molecule has 3 aromatic rings. The molecule has 6 heteroatoms. The smallest absolute Gasteiger partial charge is 0.331 e. The third-order valence-electron chi connectivity index (χ3n) is 1.94. The van der Waals surface area contributed by atoms with Crippen molar-refractivity contribution in [1.82, 2.24) is 24.3 Å². The lowest BCUT2D eigenvalue weighted by molar-refractivity contribution is 1.02. The van der Waals surface area contributed by atoms with E-state index in [1.165, 1.54) is 10.7 Å². The third kappa shape index (κ3) is 0.689. The van der Waals surface area contributed by atoms with Crippen LogP contribution in [-0.4, -0.2) is 24.3 Å². The molecule has 0 spiro atoms. The summed E-state index contributed by atoms with van der Waals surface area (Å²) in [4.78, 5) is 24.9. The summed E-state index contributed by atoms with van der Waals surface area (Å²) in [6.07, 6.45) is 4.69. The monoisotopic (exact) mass is 175 g/mol. The van der Waals surface area contributed by atoms with Gasteiger partial charge in [0, 0.05) is 12.4 Å². The number of rotatable bonds is 0. The summed E-state index contributed by atoms with van der Waals surface area (Å²) >= 11 is 0. The first-order valence-corrected chi connectivity index (χ1v) is 3.75. The zero-order chi connectivity index (χ0) is 8.84. The molecule has 0 bridgehead atoms. The lowest BCUT2D eigenvalue weighted by Crippen LogP contribution is -2.15. The lowest BCUT2D eigenvalue weighted by Gasteiger charge is -1.91. The van der Waals surface area contributed by atoms with E-state index < -0.39 is 0 Å². The summed E-state index contributed by atoms with van der Waals surface area (Å²) in [5.41, 5.74) is 1.62. The van der Waals surface area contributed by atoms with Gasteiger partial charge in [0.1, 0.15) is 11.2 Å². The van der Waals surface area contributed by atoms with Crippen LogP contribution in [0, 0.1) is 0 Å². The Hall–Kier alpha value is -2.11. The summed E-state index contributed by atoms with van der Waals surface area (Å²) in [6.45, 7) is 0. The van der Waals surface area contributed by atoms with Gasteiger partial charge in [0.2, 0.25) is 0 Å². The second kappa shape index (κ2) is 1.98. The maximum Gasteiger partial charge on any atom is 0.332 e. The Morgan fingerprint density at radius 3 is 3.23 bits per heavy atom. The number of hydrogen-bond acceptors (Lipinski definition) is 3. The van der Waals surface area contributed by atoms with Crippen LogP contribution in [0.1, 0.15) is 0 Å². The van der Waals surface area contributed by atoms with Crippen molar-refractivity contribution < 1.29 is 0 Å². The molecular formula is C7H5N5O. The summed E-state index contributed by atoms with van der Waals surface area (Å²) in [5.74, 6) is 0. The van der Waals surface area contributed by atoms with Gasteiger partial charge in [-0.3, -0.25) is 4.98 Å². The minimum absolute atomic E-state index is 0.218. The van der Waals surface area contributed by atoms with Gasteiger partial charge in [-0.2, -0.15) is 0 Å². The van der Waals surface area contributed by atoms with Gasteiger partial charge in [0.25, 0.3) is 0 Å². The number of aromatic nitrogens is 5. The van der Waals surface area contributed by atoms with Gasteiger partial charge < -0.3 is 4.98 Å². The molecule has 0 saturated heterocycles. The van der Waals surface area contributed by atoms with Crippen LogP contribution in [0.2, 0.25) is 0 Å². The quantitative estimate of drug-likeness (QED) is 0.500. The number of hydrogen-bond donors (Lipinski definition) is 2. The van der Waals surface area contributed by atoms with E-state index in [1.807, 2.05) is 0 Å². The molecule has 2 N–H and O–H groups in total. The average molecular weight is 175 g/mol. The first-order valence-electron chi connectivity index (χ1n) is 3.75. The summed E-state index contributed by atoms with van der Waals surface area (Å²) in [7, 11) is 0. The largest absolute Gasteiger partial charge is 0.332 e. The van der Waals surface area contributed by atoms with E-state index in [0.29, 0.717) is 16.8 Å². The highest BCUT2D eigenvalue weighted by molar-refractivity contribution is 5.84. The second-order valence-electron chi connectivity index (χ2n) is 2.68. The van der Waals surface area contributed by atoms with E-state index in [4.69, 9.17) is 0 Å². The van der Waals surface area contributed by atoms with Crippen molar-refractivity contribution in [3.63, 3.8) is 0 Å². The molecule has 0 aliphatic heterocycles. The fraction of sp³-hybridized carbons (Fsp3) is 0. The molecule has 0 saturated carbocycles. The second-order valence-corrected chi connectivity index (χ2v) is 2.68. The molecule has 64 valence electrons. The third-order valence-corrected chi connectivity index (χ3v) is 1.94. The van der Waals surface area contributed by atoms with Gasteiger partial charge in [-0.1, -0.05) is 0 Å². The molecule has 0 atom stereocenters. The Morgan fingerprint density at radius 2 is 2.31 bits per heavy atom. The van der Waals surface area contributed by atoms with E-state index >= 15 is 0 Å². The topological polar surface area (TPSA) is 78.8 Å². The highest BCUT2D eigenvalue weighted by Gasteiger charge is 2.06. The highest BCUT2D eigenvalue weighted by Crippen LogP contribution is 2.08. The molecule has 0 fully saturated rings. The van der Waals surface area contributed by atoms with Crippen molar-refractivity contribution in [2.75, 3.05) is 0 Å². The van der Waals surface area contributed by atoms with Gasteiger partial charge in [0.15, 0.2) is 5.65 Å². The lowest BCUT2D eigenvalue weighted by atomic mass is 10.5. The molecular weight excluding hydrogens is 170 g/mol. The number of H-pyrrole nitrogens is 2. The number of imidazole rings is 2. The van der Waals surface area contributed by atoms with Gasteiger partial charge in [0.05, 0.1) is 6.33 Å². The van der Waals surface area contributed by atoms with Crippen LogP contribution in [0.5, 0.6) is 0 Å². The minimum Gasteiger partial charge on any atom is -0.331 e. The van der Waals surface area contributed by atoms with E-state index in [-0.39, 0.29) is 5.69 Å². The molecule has 6 nitrogen and oxygen atoms in total. The Labute approximate surface area is 71.3 Å². The predicted octanol–water partition coefficient (Wildman–Crippen LogP) is -0.101. The maximum absolute atomic E-state index is 11.4. The molecule has 3 aromatic heterocycles. The van der Waals surface area contributed by atoms with Crippen LogP contribution in [0.3, 0.4) is 0 Å². The van der Waals surface area contributed by atoms with Crippen LogP contribution in [-0.2, 0) is 0 Å². The molecule has 0 amide bonds. The molecule has 0 unspecified atom stereocenters. The van der Waals surface area contributed by atoms with Crippen molar-refractivity contribution in [2.45, 2.75) is 0 Å². The van der Waals surface area contributed by atoms with Crippen molar-refractivity contribution in [3.05, 3.63) is 29.2 Å². The Morgan fingerprint density at radius 1 is 1.38 bits per heavy atom. The van der Waals surface area contributed by atoms with E-state index in [2.05, 4.69) is 19.9 Å². The zero-order valence-electron chi connectivity index (χ0n) is 6.48. The zero-order valence-corrected chi connectivity index (χ0v) is 6.48. The van der Waals surface area contributed by atoms with E-state index in [1.54, 1.807) is 12.4 Å². The number of nitrogens with zero attached hydrogens (tertiary/aromatic N) is 3. The Kier molecular flexibility index (Phi) is 0.974. The predicted molar refractivity (Wildman–Crippen MR) is 45.5 cm³/mol. The van der Waals surface area contributed by atoms with Crippen LogP contribution < -0.4 is 5.69 Å². The molecule has 3 heterocycles. The number of aromatic amines is 2. The Balaban J connectivity index is 2.79. The van der Waals surface area contributed by atoms with Crippen molar-refractivity contribution >= 4 is 16.8 Å². The fourth-order valence-electron chi connectivity index (χ4n) is 1.37. The van der Waals surface area contributed by atoms with Gasteiger partial charge >= 0.3 is 5.69 Å². The molecule has 0 aromatic carbocycles. The summed E-state index contributed by atoms with van der Waals surface area (Å²) < 4.78 is 1.42.